The molecule has 1 saturated carbocycles. The van der Waals surface area contributed by atoms with Crippen LogP contribution >= 0.6 is 0 Å². The Morgan fingerprint density at radius 3 is 2.04 bits per heavy atom. The highest BCUT2D eigenvalue weighted by Gasteiger charge is 2.35. The average molecular weight is 765 g/mol. The number of aryl methyl sites for hydroxylation is 2. The summed E-state index contributed by atoms with van der Waals surface area (Å²) >= 11 is -1.55. The standard InChI is InChI=1S/C43H48N4O7S/c1-2-47(35-21-17-32(18-22-35)43(52)53)55(54)37-8-6-7-33(27-37)40(48)45-39-24-23-36(46-25-4-3-5-26-46)28-38(39)41(49)44-34-19-13-30(14-20-34)10-9-29-11-15-31(16-12-29)42(50)51/h6-8,11-16,19-20,23-24,27-28,32,35H,2-5,9-10,17-18,21-22,25-26H2,1H3,(H,44,49)(H,45,48)(H,50,51)(H,52,53). The van der Waals surface area contributed by atoms with Gasteiger partial charge < -0.3 is 30.3 Å². The Labute approximate surface area is 325 Å². The molecule has 1 aliphatic heterocycles. The van der Waals surface area contributed by atoms with Crippen LogP contribution in [0, 0.1) is 5.92 Å². The van der Waals surface area contributed by atoms with Crippen molar-refractivity contribution in [3.8, 4) is 0 Å². The van der Waals surface area contributed by atoms with E-state index >= 15 is 0 Å². The highest BCUT2D eigenvalue weighted by Crippen LogP contribution is 2.32. The Morgan fingerprint density at radius 2 is 1.42 bits per heavy atom. The number of nitrogens with one attached hydrogen (secondary N) is 2. The van der Waals surface area contributed by atoms with Gasteiger partial charge in [0, 0.05) is 42.6 Å². The van der Waals surface area contributed by atoms with E-state index in [9.17, 15) is 28.8 Å². The fourth-order valence-electron chi connectivity index (χ4n) is 7.43. The maximum Gasteiger partial charge on any atom is 0.335 e. The van der Waals surface area contributed by atoms with Crippen molar-refractivity contribution < 1.29 is 33.9 Å². The van der Waals surface area contributed by atoms with Gasteiger partial charge in [0.15, 0.2) is 4.90 Å². The number of carbonyl (C=O) groups is 4. The summed E-state index contributed by atoms with van der Waals surface area (Å²) in [6, 6.07) is 26.6. The van der Waals surface area contributed by atoms with Gasteiger partial charge in [-0.15, -0.1) is 4.31 Å². The first-order valence-corrected chi connectivity index (χ1v) is 20.1. The largest absolute Gasteiger partial charge is 0.593 e. The van der Waals surface area contributed by atoms with Gasteiger partial charge in [-0.05, 0) is 130 Å². The highest BCUT2D eigenvalue weighted by molar-refractivity contribution is 7.89. The maximum absolute atomic E-state index is 13.9. The van der Waals surface area contributed by atoms with Crippen LogP contribution in [0.4, 0.5) is 17.1 Å². The zero-order valence-electron chi connectivity index (χ0n) is 31.0. The first kappa shape index (κ1) is 39.5. The van der Waals surface area contributed by atoms with Gasteiger partial charge in [-0.1, -0.05) is 30.3 Å². The van der Waals surface area contributed by atoms with Gasteiger partial charge in [-0.3, -0.25) is 14.4 Å². The molecule has 12 heteroatoms. The van der Waals surface area contributed by atoms with E-state index in [1.807, 2.05) is 59.8 Å². The molecule has 1 atom stereocenters. The number of carbonyl (C=O) groups excluding carboxylic acids is 2. The minimum absolute atomic E-state index is 0.0143. The molecule has 288 valence electrons. The molecule has 55 heavy (non-hydrogen) atoms. The van der Waals surface area contributed by atoms with E-state index in [-0.39, 0.29) is 23.4 Å². The first-order chi connectivity index (χ1) is 26.6. The van der Waals surface area contributed by atoms with Crippen LogP contribution < -0.4 is 15.5 Å². The average Bonchev–Trinajstić information content (AvgIpc) is 3.21. The van der Waals surface area contributed by atoms with Crippen molar-refractivity contribution in [3.63, 3.8) is 0 Å². The molecular formula is C43H48N4O7S. The summed E-state index contributed by atoms with van der Waals surface area (Å²) in [5.74, 6) is -2.91. The van der Waals surface area contributed by atoms with Gasteiger partial charge in [0.05, 0.1) is 40.1 Å². The molecule has 0 bridgehead atoms. The third-order valence-corrected chi connectivity index (χ3v) is 12.2. The molecule has 4 N–H and O–H groups in total. The predicted molar refractivity (Wildman–Crippen MR) is 214 cm³/mol. The Bertz CT molecular complexity index is 1970. The van der Waals surface area contributed by atoms with Gasteiger partial charge in [0.2, 0.25) is 0 Å². The smallest absolute Gasteiger partial charge is 0.335 e. The molecule has 2 aliphatic rings. The maximum atomic E-state index is 13.9. The minimum Gasteiger partial charge on any atom is -0.593 e. The fourth-order valence-corrected chi connectivity index (χ4v) is 8.84. The van der Waals surface area contributed by atoms with Gasteiger partial charge in [-0.2, -0.15) is 0 Å². The number of benzene rings is 4. The third kappa shape index (κ3) is 10.1. The zero-order chi connectivity index (χ0) is 38.9. The second-order valence-corrected chi connectivity index (χ2v) is 15.7. The number of anilines is 3. The van der Waals surface area contributed by atoms with E-state index < -0.39 is 29.2 Å². The number of carboxylic acid groups (broad SMARTS) is 2. The monoisotopic (exact) mass is 764 g/mol. The van der Waals surface area contributed by atoms with E-state index in [1.165, 1.54) is 0 Å². The lowest BCUT2D eigenvalue weighted by atomic mass is 9.86. The Morgan fingerprint density at radius 1 is 0.764 bits per heavy atom. The minimum atomic E-state index is -1.55. The van der Waals surface area contributed by atoms with Crippen LogP contribution in [0.1, 0.15) is 94.1 Å². The third-order valence-electron chi connectivity index (χ3n) is 10.6. The van der Waals surface area contributed by atoms with E-state index in [0.29, 0.717) is 59.6 Å². The number of piperidine rings is 1. The summed E-state index contributed by atoms with van der Waals surface area (Å²) in [6.07, 6.45) is 7.16. The first-order valence-electron chi connectivity index (χ1n) is 19.0. The van der Waals surface area contributed by atoms with Crippen molar-refractivity contribution >= 4 is 52.2 Å². The molecular weight excluding hydrogens is 717 g/mol. The van der Waals surface area contributed by atoms with Crippen molar-refractivity contribution in [1.29, 1.82) is 0 Å². The Balaban J connectivity index is 1.15. The lowest BCUT2D eigenvalue weighted by molar-refractivity contribution is -0.143. The number of aliphatic carboxylic acids is 1. The number of nitrogens with zero attached hydrogens (tertiary/aromatic N) is 2. The molecule has 1 heterocycles. The number of hydrogen-bond donors (Lipinski definition) is 4. The van der Waals surface area contributed by atoms with Crippen LogP contribution in [0.3, 0.4) is 0 Å². The lowest BCUT2D eigenvalue weighted by Crippen LogP contribution is -2.42. The molecule has 2 fully saturated rings. The predicted octanol–water partition coefficient (Wildman–Crippen LogP) is 7.65. The topological polar surface area (TPSA) is 162 Å². The SMILES string of the molecule is CCN(C1CCC(C(=O)O)CC1)[S+]([O-])c1cccc(C(=O)Nc2ccc(N3CCCCC3)cc2C(=O)Nc2ccc(CCc3ccc(C(=O)O)cc3)cc2)c1. The van der Waals surface area contributed by atoms with Crippen LogP contribution in [0.2, 0.25) is 0 Å². The van der Waals surface area contributed by atoms with Gasteiger partial charge >= 0.3 is 11.9 Å². The quantitative estimate of drug-likeness (QED) is 0.0945. The van der Waals surface area contributed by atoms with Crippen molar-refractivity contribution in [2.24, 2.45) is 5.92 Å². The summed E-state index contributed by atoms with van der Waals surface area (Å²) in [7, 11) is 0. The summed E-state index contributed by atoms with van der Waals surface area (Å²) in [4.78, 5) is 53.0. The molecule has 1 aliphatic carbocycles. The molecule has 11 nitrogen and oxygen atoms in total. The van der Waals surface area contributed by atoms with Crippen LogP contribution in [-0.2, 0) is 29.0 Å². The number of rotatable bonds is 14. The molecule has 0 spiro atoms. The molecule has 1 saturated heterocycles. The van der Waals surface area contributed by atoms with Gasteiger partial charge in [-0.25, -0.2) is 4.79 Å². The van der Waals surface area contributed by atoms with E-state index in [0.717, 1.165) is 62.0 Å². The van der Waals surface area contributed by atoms with E-state index in [1.54, 1.807) is 42.5 Å². The molecule has 4 aromatic rings. The molecule has 4 aromatic carbocycles. The van der Waals surface area contributed by atoms with Crippen molar-refractivity contribution in [2.75, 3.05) is 35.2 Å². The number of carboxylic acids is 2. The Hall–Kier alpha value is -5.17. The number of amides is 2. The van der Waals surface area contributed by atoms with Crippen LogP contribution in [0.5, 0.6) is 0 Å². The fraction of sp³-hybridized carbons (Fsp3) is 0.349. The molecule has 2 amide bonds. The molecule has 6 rings (SSSR count). The Kier molecular flexibility index (Phi) is 13.3. The van der Waals surface area contributed by atoms with Crippen LogP contribution in [0.15, 0.2) is 95.9 Å². The molecule has 0 aromatic heterocycles. The second-order valence-electron chi connectivity index (χ2n) is 14.2. The van der Waals surface area contributed by atoms with Gasteiger partial charge in [0.25, 0.3) is 11.8 Å². The zero-order valence-corrected chi connectivity index (χ0v) is 31.9. The van der Waals surface area contributed by atoms with Crippen LogP contribution in [0.25, 0.3) is 0 Å². The summed E-state index contributed by atoms with van der Waals surface area (Å²) in [5, 5.41) is 24.5. The summed E-state index contributed by atoms with van der Waals surface area (Å²) in [6.45, 7) is 4.22. The van der Waals surface area contributed by atoms with E-state index in [4.69, 9.17) is 5.11 Å². The second kappa shape index (κ2) is 18.4. The number of hydrogen-bond acceptors (Lipinski definition) is 7. The van der Waals surface area contributed by atoms with Crippen molar-refractivity contribution in [3.05, 3.63) is 119 Å². The number of aromatic carboxylic acids is 1. The van der Waals surface area contributed by atoms with Crippen molar-refractivity contribution in [2.45, 2.75) is 75.6 Å². The van der Waals surface area contributed by atoms with Gasteiger partial charge in [0.1, 0.15) is 0 Å². The lowest BCUT2D eigenvalue weighted by Gasteiger charge is -2.34. The van der Waals surface area contributed by atoms with Crippen molar-refractivity contribution in [1.82, 2.24) is 4.31 Å². The van der Waals surface area contributed by atoms with E-state index in [2.05, 4.69) is 15.5 Å². The van der Waals surface area contributed by atoms with Crippen LogP contribution in [-0.4, -0.2) is 68.5 Å². The molecule has 0 radical (unpaired) electrons. The summed E-state index contributed by atoms with van der Waals surface area (Å²) in [5.41, 5.74) is 4.84. The normalized spacial score (nSPS) is 17.7. The molecule has 1 unspecified atom stereocenters. The summed E-state index contributed by atoms with van der Waals surface area (Å²) < 4.78 is 15.7. The highest BCUT2D eigenvalue weighted by atomic mass is 32.2.